The van der Waals surface area contributed by atoms with E-state index in [0.717, 1.165) is 22.6 Å². The fourth-order valence-corrected chi connectivity index (χ4v) is 4.02. The summed E-state index contributed by atoms with van der Waals surface area (Å²) in [4.78, 5) is 29.0. The van der Waals surface area contributed by atoms with Gasteiger partial charge in [-0.05, 0) is 42.0 Å². The molecular formula is C25H19N3O3. The van der Waals surface area contributed by atoms with Crippen LogP contribution in [0.4, 0.5) is 0 Å². The number of ketones is 1. The second-order valence-corrected chi connectivity index (χ2v) is 7.37. The lowest BCUT2D eigenvalue weighted by atomic mass is 10.0. The van der Waals surface area contributed by atoms with Gasteiger partial charge in [0, 0.05) is 23.7 Å². The van der Waals surface area contributed by atoms with E-state index in [1.165, 1.54) is 0 Å². The minimum absolute atomic E-state index is 0.0691. The molecule has 6 nitrogen and oxygen atoms in total. The van der Waals surface area contributed by atoms with Gasteiger partial charge in [-0.15, -0.1) is 0 Å². The van der Waals surface area contributed by atoms with Crippen LogP contribution in [0.2, 0.25) is 0 Å². The fraction of sp³-hybridized carbons (Fsp3) is 0.0800. The van der Waals surface area contributed by atoms with Crippen LogP contribution in [0.25, 0.3) is 10.9 Å². The quantitative estimate of drug-likeness (QED) is 0.536. The molecule has 0 radical (unpaired) electrons. The highest BCUT2D eigenvalue weighted by Crippen LogP contribution is 2.32. The summed E-state index contributed by atoms with van der Waals surface area (Å²) < 4.78 is 7.95. The summed E-state index contributed by atoms with van der Waals surface area (Å²) in [6.07, 6.45) is 1.70. The summed E-state index contributed by atoms with van der Waals surface area (Å²) >= 11 is 0. The molecule has 0 unspecified atom stereocenters. The van der Waals surface area contributed by atoms with Gasteiger partial charge in [-0.25, -0.2) is 0 Å². The number of Topliss-reactive ketones (excluding diaryl/α,β-unsaturated/α-hetero) is 1. The first-order chi connectivity index (χ1) is 15.1. The predicted octanol–water partition coefficient (Wildman–Crippen LogP) is 4.20. The number of ether oxygens (including phenoxy) is 1. The van der Waals surface area contributed by atoms with E-state index in [-0.39, 0.29) is 12.3 Å². The second-order valence-electron chi connectivity index (χ2n) is 7.37. The monoisotopic (exact) mass is 409 g/mol. The second kappa shape index (κ2) is 7.57. The van der Waals surface area contributed by atoms with Crippen LogP contribution < -0.4 is 10.5 Å². The van der Waals surface area contributed by atoms with Crippen molar-refractivity contribution in [2.75, 3.05) is 6.54 Å². The van der Waals surface area contributed by atoms with Gasteiger partial charge in [0.2, 0.25) is 5.91 Å². The number of para-hydroxylation sites is 1. The Balaban J connectivity index is 1.60. The van der Waals surface area contributed by atoms with Gasteiger partial charge in [0.15, 0.2) is 5.78 Å². The molecule has 0 saturated heterocycles. The molecule has 0 spiro atoms. The van der Waals surface area contributed by atoms with Gasteiger partial charge >= 0.3 is 0 Å². The molecule has 2 N–H and O–H groups in total. The molecule has 31 heavy (non-hydrogen) atoms. The number of aromatic nitrogens is 1. The van der Waals surface area contributed by atoms with Crippen molar-refractivity contribution in [3.63, 3.8) is 0 Å². The molecule has 1 aromatic heterocycles. The molecule has 0 saturated carbocycles. The molecule has 2 heterocycles. The minimum atomic E-state index is -0.556. The zero-order valence-electron chi connectivity index (χ0n) is 16.6. The number of hydrogen-bond acceptors (Lipinski definition) is 4. The van der Waals surface area contributed by atoms with Crippen LogP contribution in [0.5, 0.6) is 11.5 Å². The Hall–Kier alpha value is -4.19. The third kappa shape index (κ3) is 3.38. The van der Waals surface area contributed by atoms with E-state index in [0.29, 0.717) is 28.8 Å². The largest absolute Gasteiger partial charge is 0.457 e. The number of amides is 1. The smallest absolute Gasteiger partial charge is 0.249 e. The highest BCUT2D eigenvalue weighted by molar-refractivity contribution is 6.21. The fourth-order valence-electron chi connectivity index (χ4n) is 4.02. The standard InChI is InChI=1S/C25H19N3O3/c26-25(30)19-10-5-11-20-23(19)24-21(13-27-14-22(24)29)28(20)15-16-6-4-9-18(12-16)31-17-7-2-1-3-8-17/h1-13H,14-15H2,(H2,26,30). The lowest BCUT2D eigenvalue weighted by molar-refractivity contribution is 0.0998. The highest BCUT2D eigenvalue weighted by atomic mass is 16.5. The molecule has 4 aromatic rings. The van der Waals surface area contributed by atoms with Crippen LogP contribution in [-0.2, 0) is 6.54 Å². The summed E-state index contributed by atoms with van der Waals surface area (Å²) in [7, 11) is 0. The Morgan fingerprint density at radius 3 is 2.58 bits per heavy atom. The number of hydrogen-bond donors (Lipinski definition) is 1. The molecule has 0 bridgehead atoms. The van der Waals surface area contributed by atoms with Crippen molar-refractivity contribution in [3.05, 3.63) is 95.2 Å². The van der Waals surface area contributed by atoms with Crippen LogP contribution in [0.1, 0.15) is 32.0 Å². The topological polar surface area (TPSA) is 86.7 Å². The summed E-state index contributed by atoms with van der Waals surface area (Å²) in [6, 6.07) is 22.7. The van der Waals surface area contributed by atoms with Crippen molar-refractivity contribution in [1.82, 2.24) is 4.57 Å². The number of benzene rings is 3. The average Bonchev–Trinajstić information content (AvgIpc) is 3.09. The normalized spacial score (nSPS) is 12.7. The molecule has 1 amide bonds. The zero-order valence-corrected chi connectivity index (χ0v) is 16.6. The van der Waals surface area contributed by atoms with Crippen LogP contribution >= 0.6 is 0 Å². The molecule has 6 heteroatoms. The van der Waals surface area contributed by atoms with Crippen molar-refractivity contribution < 1.29 is 14.3 Å². The van der Waals surface area contributed by atoms with E-state index in [1.807, 2.05) is 65.2 Å². The number of rotatable bonds is 5. The number of carbonyl (C=O) groups is 2. The van der Waals surface area contributed by atoms with Crippen LogP contribution in [0.3, 0.4) is 0 Å². The van der Waals surface area contributed by atoms with E-state index in [2.05, 4.69) is 4.99 Å². The van der Waals surface area contributed by atoms with Gasteiger partial charge in [-0.1, -0.05) is 36.4 Å². The van der Waals surface area contributed by atoms with E-state index in [4.69, 9.17) is 10.5 Å². The summed E-state index contributed by atoms with van der Waals surface area (Å²) in [6.45, 7) is 0.555. The predicted molar refractivity (Wildman–Crippen MR) is 119 cm³/mol. The van der Waals surface area contributed by atoms with Crippen molar-refractivity contribution in [2.24, 2.45) is 10.7 Å². The van der Waals surface area contributed by atoms with Gasteiger partial charge in [0.1, 0.15) is 18.0 Å². The summed E-state index contributed by atoms with van der Waals surface area (Å²) in [5.74, 6) is 0.805. The van der Waals surface area contributed by atoms with Gasteiger partial charge in [0.25, 0.3) is 0 Å². The minimum Gasteiger partial charge on any atom is -0.457 e. The average molecular weight is 409 g/mol. The number of nitrogens with zero attached hydrogens (tertiary/aromatic N) is 2. The molecule has 5 rings (SSSR count). The molecular weight excluding hydrogens is 390 g/mol. The van der Waals surface area contributed by atoms with Crippen LogP contribution in [0, 0.1) is 0 Å². The molecule has 0 fully saturated rings. The molecule has 152 valence electrons. The van der Waals surface area contributed by atoms with Crippen LogP contribution in [-0.4, -0.2) is 29.0 Å². The number of nitrogens with two attached hydrogens (primary N) is 1. The lowest BCUT2D eigenvalue weighted by Crippen LogP contribution is -2.16. The molecule has 3 aromatic carbocycles. The van der Waals surface area contributed by atoms with Gasteiger partial charge in [0.05, 0.1) is 16.8 Å². The van der Waals surface area contributed by atoms with E-state index in [9.17, 15) is 9.59 Å². The van der Waals surface area contributed by atoms with Gasteiger partial charge < -0.3 is 15.0 Å². The molecule has 1 aliphatic rings. The molecule has 1 aliphatic heterocycles. The number of carbonyl (C=O) groups excluding carboxylic acids is 2. The zero-order chi connectivity index (χ0) is 21.4. The van der Waals surface area contributed by atoms with Crippen molar-refractivity contribution in [2.45, 2.75) is 6.54 Å². The van der Waals surface area contributed by atoms with Crippen LogP contribution in [0.15, 0.2) is 77.8 Å². The Kier molecular flexibility index (Phi) is 4.59. The summed E-state index contributed by atoms with van der Waals surface area (Å²) in [5, 5.41) is 0.595. The maximum Gasteiger partial charge on any atom is 0.249 e. The molecule has 0 atom stereocenters. The third-order valence-electron chi connectivity index (χ3n) is 5.34. The SMILES string of the molecule is NC(=O)c1cccc2c1c1c(n2Cc2cccc(Oc3ccccc3)c2)C=NCC1=O. The first kappa shape index (κ1) is 18.8. The van der Waals surface area contributed by atoms with E-state index >= 15 is 0 Å². The summed E-state index contributed by atoms with van der Waals surface area (Å²) in [5.41, 5.74) is 8.91. The Morgan fingerprint density at radius 1 is 1.00 bits per heavy atom. The Bertz CT molecular complexity index is 1350. The lowest BCUT2D eigenvalue weighted by Gasteiger charge is -2.12. The van der Waals surface area contributed by atoms with Gasteiger partial charge in [-0.3, -0.25) is 14.6 Å². The third-order valence-corrected chi connectivity index (χ3v) is 5.34. The van der Waals surface area contributed by atoms with E-state index in [1.54, 1.807) is 18.3 Å². The van der Waals surface area contributed by atoms with Gasteiger partial charge in [-0.2, -0.15) is 0 Å². The molecule has 0 aliphatic carbocycles. The number of fused-ring (bicyclic) bond motifs is 3. The number of primary amides is 1. The van der Waals surface area contributed by atoms with Crippen molar-refractivity contribution in [1.29, 1.82) is 0 Å². The maximum atomic E-state index is 12.7. The first-order valence-electron chi connectivity index (χ1n) is 9.91. The van der Waals surface area contributed by atoms with E-state index < -0.39 is 5.91 Å². The Labute approximate surface area is 178 Å². The Morgan fingerprint density at radius 2 is 1.77 bits per heavy atom. The highest BCUT2D eigenvalue weighted by Gasteiger charge is 2.26. The maximum absolute atomic E-state index is 12.7. The number of aliphatic imine (C=N–C) groups is 1. The first-order valence-corrected chi connectivity index (χ1v) is 9.91. The van der Waals surface area contributed by atoms with Crippen molar-refractivity contribution >= 4 is 28.8 Å². The van der Waals surface area contributed by atoms with Crippen molar-refractivity contribution in [3.8, 4) is 11.5 Å².